The molecule has 3 heterocycles. The second-order valence-corrected chi connectivity index (χ2v) is 7.74. The van der Waals surface area contributed by atoms with Crippen LogP contribution in [0.5, 0.6) is 5.88 Å². The summed E-state index contributed by atoms with van der Waals surface area (Å²) in [5.74, 6) is -0.162. The van der Waals surface area contributed by atoms with Crippen molar-refractivity contribution in [1.29, 1.82) is 5.26 Å². The van der Waals surface area contributed by atoms with E-state index in [1.165, 1.54) is 12.1 Å². The van der Waals surface area contributed by atoms with Crippen molar-refractivity contribution >= 4 is 5.69 Å². The molecule has 4 rings (SSSR count). The number of rotatable bonds is 3. The van der Waals surface area contributed by atoms with E-state index in [2.05, 4.69) is 21.2 Å². The molecule has 2 aliphatic heterocycles. The smallest absolute Gasteiger partial charge is 0.244 e. The van der Waals surface area contributed by atoms with Gasteiger partial charge in [-0.1, -0.05) is 13.8 Å². The standard InChI is InChI=1S/C21H24FN5O2/c1-12(2)21(17(11-23)19(24)29-20-18(21)13(3)25-26-20)14-8-15(22)10-16(9-14)27-4-6-28-7-5-27/h8-10,12H,4-7,24H2,1-3H3,(H,25,26). The zero-order valence-corrected chi connectivity index (χ0v) is 16.8. The van der Waals surface area contributed by atoms with Gasteiger partial charge in [-0.15, -0.1) is 5.10 Å². The van der Waals surface area contributed by atoms with Crippen LogP contribution in [0.2, 0.25) is 0 Å². The Labute approximate surface area is 168 Å². The van der Waals surface area contributed by atoms with E-state index in [4.69, 9.17) is 15.2 Å². The second-order valence-electron chi connectivity index (χ2n) is 7.74. The predicted molar refractivity (Wildman–Crippen MR) is 106 cm³/mol. The van der Waals surface area contributed by atoms with Gasteiger partial charge in [-0.05, 0) is 36.6 Å². The lowest BCUT2D eigenvalue weighted by molar-refractivity contribution is 0.122. The van der Waals surface area contributed by atoms with Crippen LogP contribution in [0.1, 0.15) is 30.7 Å². The Bertz CT molecular complexity index is 1020. The number of nitrogens with two attached hydrogens (primary N) is 1. The molecule has 0 saturated carbocycles. The van der Waals surface area contributed by atoms with Crippen molar-refractivity contribution in [3.05, 3.63) is 52.3 Å². The number of H-pyrrole nitrogens is 1. The minimum atomic E-state index is -0.980. The van der Waals surface area contributed by atoms with Crippen LogP contribution in [-0.2, 0) is 10.2 Å². The molecule has 1 fully saturated rings. The van der Waals surface area contributed by atoms with Gasteiger partial charge in [0.05, 0.1) is 24.2 Å². The summed E-state index contributed by atoms with van der Waals surface area (Å²) >= 11 is 0. The van der Waals surface area contributed by atoms with Gasteiger partial charge in [-0.25, -0.2) is 4.39 Å². The van der Waals surface area contributed by atoms with Gasteiger partial charge in [-0.3, -0.25) is 5.10 Å². The number of aryl methyl sites for hydroxylation is 1. The molecule has 0 amide bonds. The van der Waals surface area contributed by atoms with E-state index in [0.717, 1.165) is 16.9 Å². The SMILES string of the molecule is Cc1[nH]nc2c1C(c1cc(F)cc(N3CCOCC3)c1)(C(C)C)C(C#N)=C(N)O2. The molecule has 2 aliphatic rings. The molecule has 0 aliphatic carbocycles. The molecule has 1 unspecified atom stereocenters. The lowest BCUT2D eigenvalue weighted by Gasteiger charge is -2.41. The highest BCUT2D eigenvalue weighted by Gasteiger charge is 2.51. The maximum absolute atomic E-state index is 14.9. The Morgan fingerprint density at radius 1 is 1.31 bits per heavy atom. The van der Waals surface area contributed by atoms with Crippen molar-refractivity contribution in [1.82, 2.24) is 10.2 Å². The number of morpholine rings is 1. The first-order chi connectivity index (χ1) is 13.9. The summed E-state index contributed by atoms with van der Waals surface area (Å²) < 4.78 is 25.9. The minimum absolute atomic E-state index is 0.00242. The molecule has 0 bridgehead atoms. The second kappa shape index (κ2) is 7.08. The number of aromatic nitrogens is 2. The summed E-state index contributed by atoms with van der Waals surface area (Å²) in [5.41, 5.74) is 8.32. The average molecular weight is 397 g/mol. The molecule has 1 saturated heterocycles. The Kier molecular flexibility index (Phi) is 4.71. The van der Waals surface area contributed by atoms with E-state index in [1.54, 1.807) is 0 Å². The Balaban J connectivity index is 2.00. The van der Waals surface area contributed by atoms with Crippen LogP contribution >= 0.6 is 0 Å². The monoisotopic (exact) mass is 397 g/mol. The molecule has 29 heavy (non-hydrogen) atoms. The first kappa shape index (κ1) is 19.3. The fourth-order valence-electron chi connectivity index (χ4n) is 4.57. The van der Waals surface area contributed by atoms with Crippen LogP contribution in [0, 0.1) is 30.0 Å². The van der Waals surface area contributed by atoms with E-state index in [9.17, 15) is 9.65 Å². The third-order valence-corrected chi connectivity index (χ3v) is 5.85. The van der Waals surface area contributed by atoms with Crippen LogP contribution in [0.3, 0.4) is 0 Å². The molecular weight excluding hydrogens is 373 g/mol. The highest BCUT2D eigenvalue weighted by Crippen LogP contribution is 2.53. The van der Waals surface area contributed by atoms with Gasteiger partial charge >= 0.3 is 0 Å². The minimum Gasteiger partial charge on any atom is -0.420 e. The molecule has 1 aromatic carbocycles. The molecule has 7 nitrogen and oxygen atoms in total. The average Bonchev–Trinajstić information content (AvgIpc) is 3.07. The lowest BCUT2D eigenvalue weighted by Crippen LogP contribution is -2.42. The number of halogens is 1. The number of allylic oxidation sites excluding steroid dienone is 1. The van der Waals surface area contributed by atoms with Crippen LogP contribution in [0.25, 0.3) is 0 Å². The summed E-state index contributed by atoms with van der Waals surface area (Å²) in [5, 5.41) is 17.2. The lowest BCUT2D eigenvalue weighted by atomic mass is 9.62. The summed E-state index contributed by atoms with van der Waals surface area (Å²) in [4.78, 5) is 2.09. The van der Waals surface area contributed by atoms with Gasteiger partial charge in [-0.2, -0.15) is 5.26 Å². The molecule has 3 N–H and O–H groups in total. The van der Waals surface area contributed by atoms with Crippen LogP contribution in [0.15, 0.2) is 29.7 Å². The largest absolute Gasteiger partial charge is 0.420 e. The third kappa shape index (κ3) is 2.85. The van der Waals surface area contributed by atoms with Gasteiger partial charge in [0.2, 0.25) is 11.8 Å². The molecule has 0 spiro atoms. The molecule has 0 radical (unpaired) electrons. The van der Waals surface area contributed by atoms with E-state index < -0.39 is 5.41 Å². The van der Waals surface area contributed by atoms with E-state index >= 15 is 0 Å². The predicted octanol–water partition coefficient (Wildman–Crippen LogP) is 2.72. The zero-order valence-electron chi connectivity index (χ0n) is 16.8. The fraction of sp³-hybridized carbons (Fsp3) is 0.429. The molecule has 1 atom stereocenters. The van der Waals surface area contributed by atoms with Crippen molar-refractivity contribution in [3.63, 3.8) is 0 Å². The van der Waals surface area contributed by atoms with E-state index in [0.29, 0.717) is 37.7 Å². The Morgan fingerprint density at radius 3 is 2.69 bits per heavy atom. The van der Waals surface area contributed by atoms with Gasteiger partial charge in [0.25, 0.3) is 0 Å². The quantitative estimate of drug-likeness (QED) is 0.826. The Morgan fingerprint density at radius 2 is 2.03 bits per heavy atom. The molecule has 152 valence electrons. The summed E-state index contributed by atoms with van der Waals surface area (Å²) in [7, 11) is 0. The number of fused-ring (bicyclic) bond motifs is 1. The number of hydrogen-bond acceptors (Lipinski definition) is 6. The van der Waals surface area contributed by atoms with Crippen LogP contribution < -0.4 is 15.4 Å². The first-order valence-corrected chi connectivity index (χ1v) is 9.67. The summed E-state index contributed by atoms with van der Waals surface area (Å²) in [6.45, 7) is 8.40. The number of ether oxygens (including phenoxy) is 2. The number of nitrogens with zero attached hydrogens (tertiary/aromatic N) is 3. The normalized spacial score (nSPS) is 21.7. The number of benzene rings is 1. The van der Waals surface area contributed by atoms with Crippen LogP contribution in [-0.4, -0.2) is 36.5 Å². The molecular formula is C21H24FN5O2. The van der Waals surface area contributed by atoms with Crippen molar-refractivity contribution < 1.29 is 13.9 Å². The summed E-state index contributed by atoms with van der Waals surface area (Å²) in [6, 6.07) is 7.18. The highest BCUT2D eigenvalue weighted by molar-refractivity contribution is 5.64. The van der Waals surface area contributed by atoms with E-state index in [1.807, 2.05) is 26.8 Å². The molecule has 2 aromatic rings. The first-order valence-electron chi connectivity index (χ1n) is 9.67. The van der Waals surface area contributed by atoms with Gasteiger partial charge < -0.3 is 20.1 Å². The third-order valence-electron chi connectivity index (χ3n) is 5.85. The number of aromatic amines is 1. The topological polar surface area (TPSA) is 100 Å². The number of anilines is 1. The van der Waals surface area contributed by atoms with Crippen molar-refractivity contribution in [2.45, 2.75) is 26.2 Å². The molecule has 8 heteroatoms. The Hall–Kier alpha value is -3.05. The fourth-order valence-corrected chi connectivity index (χ4v) is 4.57. The maximum Gasteiger partial charge on any atom is 0.244 e. The molecule has 1 aromatic heterocycles. The van der Waals surface area contributed by atoms with Gasteiger partial charge in [0.1, 0.15) is 17.5 Å². The van der Waals surface area contributed by atoms with E-state index in [-0.39, 0.29) is 23.2 Å². The van der Waals surface area contributed by atoms with Crippen molar-refractivity contribution in [2.75, 3.05) is 31.2 Å². The van der Waals surface area contributed by atoms with Crippen LogP contribution in [0.4, 0.5) is 10.1 Å². The zero-order chi connectivity index (χ0) is 20.8. The van der Waals surface area contributed by atoms with Crippen molar-refractivity contribution in [2.24, 2.45) is 11.7 Å². The number of hydrogen-bond donors (Lipinski definition) is 2. The van der Waals surface area contributed by atoms with Gasteiger partial charge in [0.15, 0.2) is 0 Å². The number of nitriles is 1. The summed E-state index contributed by atoms with van der Waals surface area (Å²) in [6.07, 6.45) is 0. The highest BCUT2D eigenvalue weighted by atomic mass is 19.1. The maximum atomic E-state index is 14.9. The van der Waals surface area contributed by atoms with Gasteiger partial charge in [0, 0.05) is 24.5 Å². The van der Waals surface area contributed by atoms with Crippen molar-refractivity contribution in [3.8, 4) is 11.9 Å². The number of nitrogens with one attached hydrogen (secondary N) is 1.